The molecule has 2 atom stereocenters. The van der Waals surface area contributed by atoms with E-state index in [1.807, 2.05) is 13.8 Å². The lowest BCUT2D eigenvalue weighted by atomic mass is 9.95. The fraction of sp³-hybridized carbons (Fsp3) is 0.769. The van der Waals surface area contributed by atoms with Crippen molar-refractivity contribution in [2.45, 2.75) is 50.7 Å². The van der Waals surface area contributed by atoms with Crippen molar-refractivity contribution < 1.29 is 13.5 Å². The van der Waals surface area contributed by atoms with Gasteiger partial charge in [-0.1, -0.05) is 13.8 Å². The molecule has 1 aromatic rings. The lowest BCUT2D eigenvalue weighted by molar-refractivity contribution is 0.0884. The van der Waals surface area contributed by atoms with Crippen LogP contribution in [0.3, 0.4) is 0 Å². The van der Waals surface area contributed by atoms with Crippen LogP contribution >= 0.6 is 0 Å². The highest BCUT2D eigenvalue weighted by Crippen LogP contribution is 2.25. The van der Waals surface area contributed by atoms with Gasteiger partial charge in [0.25, 0.3) is 10.0 Å². The highest BCUT2D eigenvalue weighted by molar-refractivity contribution is 7.89. The number of piperidine rings is 1. The summed E-state index contributed by atoms with van der Waals surface area (Å²) in [6.45, 7) is 6.50. The number of H-pyrrole nitrogens is 1. The molecule has 0 spiro atoms. The van der Waals surface area contributed by atoms with E-state index in [2.05, 4.69) is 9.97 Å². The summed E-state index contributed by atoms with van der Waals surface area (Å²) in [5, 5.41) is 9.81. The Morgan fingerprint density at radius 1 is 1.45 bits per heavy atom. The number of hydrogen-bond donors (Lipinski definition) is 2. The third kappa shape index (κ3) is 3.05. The Bertz CT molecular complexity index is 551. The van der Waals surface area contributed by atoms with Gasteiger partial charge >= 0.3 is 0 Å². The van der Waals surface area contributed by atoms with Gasteiger partial charge in [0, 0.05) is 19.0 Å². The number of aromatic nitrogens is 2. The van der Waals surface area contributed by atoms with Gasteiger partial charge in [-0.15, -0.1) is 0 Å². The Hall–Kier alpha value is -0.920. The van der Waals surface area contributed by atoms with E-state index in [-0.39, 0.29) is 16.9 Å². The number of imidazole rings is 1. The Morgan fingerprint density at radius 3 is 2.70 bits per heavy atom. The number of rotatable bonds is 4. The molecular formula is C13H23N3O3S. The van der Waals surface area contributed by atoms with Gasteiger partial charge in [-0.25, -0.2) is 13.4 Å². The van der Waals surface area contributed by atoms with E-state index in [4.69, 9.17) is 0 Å². The van der Waals surface area contributed by atoms with Gasteiger partial charge in [-0.05, 0) is 25.7 Å². The molecule has 1 aliphatic heterocycles. The molecule has 0 aromatic carbocycles. The predicted octanol–water partition coefficient (Wildman–Crippen LogP) is 1.31. The van der Waals surface area contributed by atoms with Crippen molar-refractivity contribution in [1.82, 2.24) is 14.3 Å². The zero-order valence-corrected chi connectivity index (χ0v) is 13.0. The molecule has 2 rings (SSSR count). The minimum absolute atomic E-state index is 0.00557. The summed E-state index contributed by atoms with van der Waals surface area (Å²) in [6, 6.07) is 0. The highest BCUT2D eigenvalue weighted by atomic mass is 32.2. The van der Waals surface area contributed by atoms with E-state index >= 15 is 0 Å². The molecule has 1 saturated heterocycles. The van der Waals surface area contributed by atoms with E-state index in [1.54, 1.807) is 6.92 Å². The molecule has 2 unspecified atom stereocenters. The zero-order chi connectivity index (χ0) is 14.9. The van der Waals surface area contributed by atoms with Gasteiger partial charge in [0.2, 0.25) is 0 Å². The molecule has 7 heteroatoms. The monoisotopic (exact) mass is 301 g/mol. The second-order valence-corrected chi connectivity index (χ2v) is 7.70. The number of sulfonamides is 1. The van der Waals surface area contributed by atoms with E-state index in [0.717, 1.165) is 12.8 Å². The first-order valence-electron chi connectivity index (χ1n) is 7.05. The first-order valence-corrected chi connectivity index (χ1v) is 8.49. The average molecular weight is 301 g/mol. The van der Waals surface area contributed by atoms with Crippen molar-refractivity contribution in [2.75, 3.05) is 13.1 Å². The van der Waals surface area contributed by atoms with E-state index in [0.29, 0.717) is 18.9 Å². The van der Waals surface area contributed by atoms with Crippen LogP contribution in [-0.4, -0.2) is 47.0 Å². The maximum atomic E-state index is 12.6. The van der Waals surface area contributed by atoms with Crippen molar-refractivity contribution in [1.29, 1.82) is 0 Å². The zero-order valence-electron chi connectivity index (χ0n) is 12.2. The fourth-order valence-electron chi connectivity index (χ4n) is 2.47. The largest absolute Gasteiger partial charge is 0.393 e. The molecule has 1 fully saturated rings. The lowest BCUT2D eigenvalue weighted by Crippen LogP contribution is -2.42. The summed E-state index contributed by atoms with van der Waals surface area (Å²) in [7, 11) is -3.54. The molecule has 1 aliphatic rings. The van der Waals surface area contributed by atoms with Gasteiger partial charge in [-0.3, -0.25) is 0 Å². The summed E-state index contributed by atoms with van der Waals surface area (Å²) in [5.41, 5.74) is 0. The number of hydrogen-bond acceptors (Lipinski definition) is 4. The van der Waals surface area contributed by atoms with Crippen molar-refractivity contribution >= 4 is 10.0 Å². The van der Waals surface area contributed by atoms with Gasteiger partial charge < -0.3 is 10.1 Å². The molecule has 6 nitrogen and oxygen atoms in total. The molecule has 0 amide bonds. The lowest BCUT2D eigenvalue weighted by Gasteiger charge is -2.32. The summed E-state index contributed by atoms with van der Waals surface area (Å²) in [6.07, 6.45) is 2.54. The Kier molecular flexibility index (Phi) is 4.51. The Labute approximate surface area is 120 Å². The number of aliphatic hydroxyl groups excluding tert-OH is 1. The standard InChI is InChI=1S/C13H23N3O3S/c1-9(2)13-14-7-12(15-13)20(18,19)16-6-4-5-11(8-16)10(3)17/h7,9-11,17H,4-6,8H2,1-3H3,(H,14,15). The molecule has 2 N–H and O–H groups in total. The van der Waals surface area contributed by atoms with Gasteiger partial charge in [0.15, 0.2) is 5.03 Å². The minimum atomic E-state index is -3.54. The second kappa shape index (κ2) is 5.83. The van der Waals surface area contributed by atoms with Crippen molar-refractivity contribution in [3.63, 3.8) is 0 Å². The molecule has 1 aromatic heterocycles. The Morgan fingerprint density at radius 2 is 2.15 bits per heavy atom. The van der Waals surface area contributed by atoms with Gasteiger partial charge in [0.1, 0.15) is 5.82 Å². The van der Waals surface area contributed by atoms with Crippen LogP contribution in [0.25, 0.3) is 0 Å². The maximum absolute atomic E-state index is 12.6. The number of aromatic amines is 1. The van der Waals surface area contributed by atoms with Crippen molar-refractivity contribution in [3.05, 3.63) is 12.0 Å². The summed E-state index contributed by atoms with van der Waals surface area (Å²) in [5.74, 6) is 0.837. The smallest absolute Gasteiger partial charge is 0.260 e. The number of nitrogens with one attached hydrogen (secondary N) is 1. The molecule has 114 valence electrons. The van der Waals surface area contributed by atoms with Gasteiger partial charge in [-0.2, -0.15) is 4.31 Å². The Balaban J connectivity index is 2.20. The topological polar surface area (TPSA) is 86.3 Å². The minimum Gasteiger partial charge on any atom is -0.393 e. The second-order valence-electron chi connectivity index (χ2n) is 5.79. The van der Waals surface area contributed by atoms with Crippen LogP contribution in [0.4, 0.5) is 0 Å². The number of nitrogens with zero attached hydrogens (tertiary/aromatic N) is 2. The SMILES string of the molecule is CC(C)c1ncc(S(=O)(=O)N2CCCC(C(C)O)C2)[nH]1. The van der Waals surface area contributed by atoms with Crippen LogP contribution in [0.15, 0.2) is 11.2 Å². The highest BCUT2D eigenvalue weighted by Gasteiger charge is 2.33. The third-order valence-corrected chi connectivity index (χ3v) is 5.61. The van der Waals surface area contributed by atoms with Crippen molar-refractivity contribution in [3.8, 4) is 0 Å². The first-order chi connectivity index (χ1) is 9.32. The molecule has 0 saturated carbocycles. The molecular weight excluding hydrogens is 278 g/mol. The molecule has 0 radical (unpaired) electrons. The van der Waals surface area contributed by atoms with Crippen LogP contribution in [0.2, 0.25) is 0 Å². The quantitative estimate of drug-likeness (QED) is 0.878. The average Bonchev–Trinajstić information content (AvgIpc) is 2.89. The van der Waals surface area contributed by atoms with Crippen LogP contribution < -0.4 is 0 Å². The van der Waals surface area contributed by atoms with Crippen LogP contribution in [-0.2, 0) is 10.0 Å². The van der Waals surface area contributed by atoms with Gasteiger partial charge in [0.05, 0.1) is 12.3 Å². The first kappa shape index (κ1) is 15.5. The third-order valence-electron chi connectivity index (χ3n) is 3.84. The predicted molar refractivity (Wildman–Crippen MR) is 75.8 cm³/mol. The van der Waals surface area contributed by atoms with E-state index < -0.39 is 16.1 Å². The van der Waals surface area contributed by atoms with Crippen LogP contribution in [0.1, 0.15) is 45.4 Å². The maximum Gasteiger partial charge on any atom is 0.260 e. The van der Waals surface area contributed by atoms with Crippen molar-refractivity contribution in [2.24, 2.45) is 5.92 Å². The van der Waals surface area contributed by atoms with Crippen LogP contribution in [0.5, 0.6) is 0 Å². The van der Waals surface area contributed by atoms with Crippen LogP contribution in [0, 0.1) is 5.92 Å². The molecule has 20 heavy (non-hydrogen) atoms. The van der Waals surface area contributed by atoms with E-state index in [1.165, 1.54) is 10.5 Å². The molecule has 2 heterocycles. The summed E-state index contributed by atoms with van der Waals surface area (Å²) in [4.78, 5) is 7.01. The normalized spacial score (nSPS) is 23.1. The summed E-state index contributed by atoms with van der Waals surface area (Å²) < 4.78 is 26.6. The number of aliphatic hydroxyl groups is 1. The summed E-state index contributed by atoms with van der Waals surface area (Å²) >= 11 is 0. The molecule has 0 aliphatic carbocycles. The van der Waals surface area contributed by atoms with E-state index in [9.17, 15) is 13.5 Å². The fourth-order valence-corrected chi connectivity index (χ4v) is 3.92. The molecule has 0 bridgehead atoms.